The van der Waals surface area contributed by atoms with Gasteiger partial charge in [-0.15, -0.1) is 0 Å². The second-order valence-corrected chi connectivity index (χ2v) is 11.7. The Morgan fingerprint density at radius 1 is 0.571 bits per heavy atom. The van der Waals surface area contributed by atoms with Crippen LogP contribution in [0.4, 0.5) is 21.0 Å². The molecular formula is C34H62N4O4. The summed E-state index contributed by atoms with van der Waals surface area (Å²) in [5.74, 6) is 0. The van der Waals surface area contributed by atoms with Crippen LogP contribution < -0.4 is 10.6 Å². The molecule has 0 aliphatic carbocycles. The third kappa shape index (κ3) is 22.3. The first-order valence-electron chi connectivity index (χ1n) is 16.8. The fraction of sp³-hybridized carbons (Fsp3) is 0.765. The molecule has 0 saturated heterocycles. The van der Waals surface area contributed by atoms with Gasteiger partial charge in [-0.3, -0.25) is 10.6 Å². The Kier molecular flexibility index (Phi) is 23.6. The van der Waals surface area contributed by atoms with Crippen LogP contribution in [0.2, 0.25) is 0 Å². The van der Waals surface area contributed by atoms with Gasteiger partial charge < -0.3 is 19.3 Å². The van der Waals surface area contributed by atoms with E-state index in [1.54, 1.807) is 24.3 Å². The number of rotatable bonds is 26. The molecule has 1 aromatic rings. The van der Waals surface area contributed by atoms with Gasteiger partial charge in [0.05, 0.1) is 0 Å². The van der Waals surface area contributed by atoms with Gasteiger partial charge in [-0.05, 0) is 58.2 Å². The predicted molar refractivity (Wildman–Crippen MR) is 177 cm³/mol. The first kappa shape index (κ1) is 37.7. The maximum atomic E-state index is 12.2. The molecule has 1 aromatic carbocycles. The van der Waals surface area contributed by atoms with E-state index in [4.69, 9.17) is 9.47 Å². The van der Waals surface area contributed by atoms with Crippen molar-refractivity contribution in [3.63, 3.8) is 0 Å². The number of anilines is 2. The Morgan fingerprint density at radius 3 is 1.31 bits per heavy atom. The minimum Gasteiger partial charge on any atom is -0.448 e. The Hall–Kier alpha value is -2.32. The van der Waals surface area contributed by atoms with Gasteiger partial charge in [-0.2, -0.15) is 0 Å². The van der Waals surface area contributed by atoms with E-state index in [1.807, 2.05) is 0 Å². The molecule has 0 aliphatic heterocycles. The summed E-state index contributed by atoms with van der Waals surface area (Å²) >= 11 is 0. The van der Waals surface area contributed by atoms with Crippen LogP contribution in [0, 0.1) is 0 Å². The first-order chi connectivity index (χ1) is 20.4. The van der Waals surface area contributed by atoms with Gasteiger partial charge in [0.25, 0.3) is 0 Å². The fourth-order valence-corrected chi connectivity index (χ4v) is 4.83. The SMILES string of the molecule is CCCCCCCCCCN(C)CCOC(=O)Nc1cccc(NC(=O)OCCN(C)CCCCCCCCCC)c1. The van der Waals surface area contributed by atoms with Gasteiger partial charge in [0.15, 0.2) is 0 Å². The average Bonchev–Trinajstić information content (AvgIpc) is 2.96. The number of nitrogens with zero attached hydrogens (tertiary/aromatic N) is 2. The number of hydrogen-bond donors (Lipinski definition) is 2. The highest BCUT2D eigenvalue weighted by Crippen LogP contribution is 2.16. The predicted octanol–water partition coefficient (Wildman–Crippen LogP) is 8.93. The molecule has 0 heterocycles. The van der Waals surface area contributed by atoms with E-state index in [0.29, 0.717) is 37.7 Å². The van der Waals surface area contributed by atoms with E-state index in [-0.39, 0.29) is 0 Å². The lowest BCUT2D eigenvalue weighted by atomic mass is 10.1. The average molecular weight is 591 g/mol. The van der Waals surface area contributed by atoms with Crippen LogP contribution in [-0.4, -0.2) is 75.5 Å². The van der Waals surface area contributed by atoms with Crippen molar-refractivity contribution in [2.24, 2.45) is 0 Å². The van der Waals surface area contributed by atoms with Crippen molar-refractivity contribution in [2.75, 3.05) is 64.1 Å². The van der Waals surface area contributed by atoms with E-state index in [9.17, 15) is 9.59 Å². The highest BCUT2D eigenvalue weighted by atomic mass is 16.6. The molecule has 1 rings (SSSR count). The van der Waals surface area contributed by atoms with E-state index in [2.05, 4.69) is 48.4 Å². The van der Waals surface area contributed by atoms with E-state index in [1.165, 1.54) is 103 Å². The molecule has 242 valence electrons. The Labute approximate surface area is 257 Å². The van der Waals surface area contributed by atoms with Crippen molar-refractivity contribution < 1.29 is 19.1 Å². The summed E-state index contributed by atoms with van der Waals surface area (Å²) in [5.41, 5.74) is 1.10. The topological polar surface area (TPSA) is 83.1 Å². The number of amides is 2. The Morgan fingerprint density at radius 2 is 0.929 bits per heavy atom. The van der Waals surface area contributed by atoms with E-state index >= 15 is 0 Å². The molecule has 0 radical (unpaired) electrons. The summed E-state index contributed by atoms with van der Waals surface area (Å²) in [4.78, 5) is 28.9. The number of likely N-dealkylation sites (N-methyl/N-ethyl adjacent to an activating group) is 2. The molecule has 0 atom stereocenters. The lowest BCUT2D eigenvalue weighted by Crippen LogP contribution is -2.27. The number of benzene rings is 1. The summed E-state index contributed by atoms with van der Waals surface area (Å²) in [6.45, 7) is 8.58. The number of carbonyl (C=O) groups excluding carboxylic acids is 2. The second kappa shape index (κ2) is 26.3. The molecule has 0 fully saturated rings. The van der Waals surface area contributed by atoms with Gasteiger partial charge in [-0.25, -0.2) is 9.59 Å². The highest BCUT2D eigenvalue weighted by molar-refractivity contribution is 5.88. The largest absolute Gasteiger partial charge is 0.448 e. The van der Waals surface area contributed by atoms with Crippen molar-refractivity contribution in [1.29, 1.82) is 0 Å². The third-order valence-corrected chi connectivity index (χ3v) is 7.55. The first-order valence-corrected chi connectivity index (χ1v) is 16.8. The molecule has 2 amide bonds. The second-order valence-electron chi connectivity index (χ2n) is 11.7. The number of nitrogens with one attached hydrogen (secondary N) is 2. The summed E-state index contributed by atoms with van der Waals surface area (Å²) in [7, 11) is 4.12. The molecule has 42 heavy (non-hydrogen) atoms. The number of hydrogen-bond acceptors (Lipinski definition) is 6. The molecule has 8 heteroatoms. The molecular weight excluding hydrogens is 528 g/mol. The van der Waals surface area contributed by atoms with Crippen LogP contribution >= 0.6 is 0 Å². The minimum atomic E-state index is -0.505. The summed E-state index contributed by atoms with van der Waals surface area (Å²) in [6.07, 6.45) is 19.9. The van der Waals surface area contributed by atoms with Gasteiger partial charge in [0, 0.05) is 24.5 Å². The summed E-state index contributed by atoms with van der Waals surface area (Å²) < 4.78 is 10.7. The Bertz CT molecular complexity index is 746. The lowest BCUT2D eigenvalue weighted by Gasteiger charge is -2.17. The van der Waals surface area contributed by atoms with Crippen molar-refractivity contribution in [1.82, 2.24) is 9.80 Å². The standard InChI is InChI=1S/C34H62N4O4/c1-5-7-9-11-13-15-17-19-24-37(3)26-28-41-33(39)35-31-22-21-23-32(30-31)36-34(40)42-29-27-38(4)25-20-18-16-14-12-10-8-6-2/h21-23,30H,5-20,24-29H2,1-4H3,(H,35,39)(H,36,40). The fourth-order valence-electron chi connectivity index (χ4n) is 4.83. The van der Waals surface area contributed by atoms with Crippen LogP contribution in [0.25, 0.3) is 0 Å². The van der Waals surface area contributed by atoms with Crippen molar-refractivity contribution in [3.8, 4) is 0 Å². The van der Waals surface area contributed by atoms with Crippen LogP contribution in [0.15, 0.2) is 24.3 Å². The van der Waals surface area contributed by atoms with Gasteiger partial charge in [-0.1, -0.05) is 110 Å². The molecule has 0 spiro atoms. The van der Waals surface area contributed by atoms with Crippen LogP contribution in [0.1, 0.15) is 117 Å². The normalized spacial score (nSPS) is 11.2. The molecule has 8 nitrogen and oxygen atoms in total. The molecule has 2 N–H and O–H groups in total. The zero-order chi connectivity index (χ0) is 30.7. The molecule has 0 saturated carbocycles. The maximum Gasteiger partial charge on any atom is 0.411 e. The highest BCUT2D eigenvalue weighted by Gasteiger charge is 2.08. The summed E-state index contributed by atoms with van der Waals surface area (Å²) in [5, 5.41) is 5.46. The summed E-state index contributed by atoms with van der Waals surface area (Å²) in [6, 6.07) is 6.96. The maximum absolute atomic E-state index is 12.2. The van der Waals surface area contributed by atoms with E-state index in [0.717, 1.165) is 13.1 Å². The molecule has 0 aliphatic rings. The smallest absolute Gasteiger partial charge is 0.411 e. The molecule has 0 aromatic heterocycles. The van der Waals surface area contributed by atoms with Crippen LogP contribution in [0.3, 0.4) is 0 Å². The van der Waals surface area contributed by atoms with Crippen LogP contribution in [-0.2, 0) is 9.47 Å². The van der Waals surface area contributed by atoms with Gasteiger partial charge in [0.1, 0.15) is 13.2 Å². The number of carbonyl (C=O) groups is 2. The van der Waals surface area contributed by atoms with Gasteiger partial charge in [0.2, 0.25) is 0 Å². The number of unbranched alkanes of at least 4 members (excludes halogenated alkanes) is 14. The minimum absolute atomic E-state index is 0.330. The van der Waals surface area contributed by atoms with Crippen LogP contribution in [0.5, 0.6) is 0 Å². The quantitative estimate of drug-likeness (QED) is 0.105. The van der Waals surface area contributed by atoms with Crippen molar-refractivity contribution in [2.45, 2.75) is 117 Å². The molecule has 0 unspecified atom stereocenters. The van der Waals surface area contributed by atoms with Crippen molar-refractivity contribution >= 4 is 23.6 Å². The monoisotopic (exact) mass is 590 g/mol. The lowest BCUT2D eigenvalue weighted by molar-refractivity contribution is 0.145. The zero-order valence-electron chi connectivity index (χ0n) is 27.4. The number of ether oxygens (including phenoxy) is 2. The van der Waals surface area contributed by atoms with E-state index < -0.39 is 12.2 Å². The third-order valence-electron chi connectivity index (χ3n) is 7.55. The van der Waals surface area contributed by atoms with Gasteiger partial charge >= 0.3 is 12.2 Å². The Balaban J connectivity index is 2.13. The zero-order valence-corrected chi connectivity index (χ0v) is 27.4. The van der Waals surface area contributed by atoms with Crippen molar-refractivity contribution in [3.05, 3.63) is 24.3 Å². The molecule has 0 bridgehead atoms.